The van der Waals surface area contributed by atoms with Crippen LogP contribution in [0.25, 0.3) is 0 Å². The maximum Gasteiger partial charge on any atom is 0.326 e. The average Bonchev–Trinajstić information content (AvgIpc) is 2.33. The number of carboxylic acids is 1. The third kappa shape index (κ3) is 5.50. The first-order valence-electron chi connectivity index (χ1n) is 5.56. The summed E-state index contributed by atoms with van der Waals surface area (Å²) >= 11 is 0. The van der Waals surface area contributed by atoms with Crippen molar-refractivity contribution in [3.05, 3.63) is 0 Å². The van der Waals surface area contributed by atoms with E-state index >= 15 is 0 Å². The summed E-state index contributed by atoms with van der Waals surface area (Å²) in [5, 5.41) is 19.9. The number of nitrogens with zero attached hydrogens (tertiary/aromatic N) is 2. The number of methoxy groups -OCH3 is 1. The van der Waals surface area contributed by atoms with Crippen LogP contribution in [0.3, 0.4) is 0 Å². The Bertz CT molecular complexity index is 327. The molecule has 2 amide bonds. The Morgan fingerprint density at radius 1 is 1.56 bits per heavy atom. The maximum atomic E-state index is 11.7. The molecule has 2 atom stereocenters. The lowest BCUT2D eigenvalue weighted by Crippen LogP contribution is -2.49. The molecule has 7 heteroatoms. The number of carbonyl (C=O) groups is 2. The largest absolute Gasteiger partial charge is 0.480 e. The van der Waals surface area contributed by atoms with Crippen LogP contribution in [0.1, 0.15) is 19.8 Å². The third-order valence-corrected chi connectivity index (χ3v) is 2.57. The van der Waals surface area contributed by atoms with Gasteiger partial charge in [-0.2, -0.15) is 5.26 Å². The fourth-order valence-corrected chi connectivity index (χ4v) is 1.21. The van der Waals surface area contributed by atoms with Crippen LogP contribution in [-0.2, 0) is 9.53 Å². The number of aliphatic carboxylic acids is 1. The summed E-state index contributed by atoms with van der Waals surface area (Å²) < 4.78 is 4.78. The molecule has 0 saturated heterocycles. The van der Waals surface area contributed by atoms with E-state index in [0.717, 1.165) is 0 Å². The first kappa shape index (κ1) is 16.2. The molecule has 0 aliphatic rings. The number of carbonyl (C=O) groups excluding carboxylic acids is 1. The first-order chi connectivity index (χ1) is 8.43. The summed E-state index contributed by atoms with van der Waals surface area (Å²) in [5.41, 5.74) is 0. The second-order valence-electron chi connectivity index (χ2n) is 3.94. The van der Waals surface area contributed by atoms with E-state index in [-0.39, 0.29) is 25.5 Å². The number of hydrogen-bond acceptors (Lipinski definition) is 4. The molecule has 102 valence electrons. The molecule has 2 unspecified atom stereocenters. The Hall–Kier alpha value is -1.81. The van der Waals surface area contributed by atoms with Crippen LogP contribution in [0.15, 0.2) is 0 Å². The van der Waals surface area contributed by atoms with Crippen LogP contribution in [0.4, 0.5) is 4.79 Å². The van der Waals surface area contributed by atoms with Gasteiger partial charge in [-0.1, -0.05) is 0 Å². The number of urea groups is 1. The Balaban J connectivity index is 4.41. The van der Waals surface area contributed by atoms with E-state index in [1.54, 1.807) is 6.92 Å². The number of hydrogen-bond donors (Lipinski definition) is 2. The van der Waals surface area contributed by atoms with Crippen molar-refractivity contribution in [3.8, 4) is 6.07 Å². The van der Waals surface area contributed by atoms with Gasteiger partial charge in [0.05, 0.1) is 12.5 Å². The Labute approximate surface area is 106 Å². The highest BCUT2D eigenvalue weighted by atomic mass is 16.5. The van der Waals surface area contributed by atoms with Gasteiger partial charge in [0.1, 0.15) is 6.04 Å². The van der Waals surface area contributed by atoms with Crippen molar-refractivity contribution in [2.75, 3.05) is 20.8 Å². The second-order valence-corrected chi connectivity index (χ2v) is 3.94. The molecule has 0 rings (SSSR count). The molecule has 7 nitrogen and oxygen atoms in total. The Morgan fingerprint density at radius 3 is 2.61 bits per heavy atom. The van der Waals surface area contributed by atoms with Gasteiger partial charge in [0.25, 0.3) is 0 Å². The molecule has 0 aliphatic carbocycles. The van der Waals surface area contributed by atoms with Crippen LogP contribution in [-0.4, -0.2) is 54.9 Å². The van der Waals surface area contributed by atoms with Crippen molar-refractivity contribution < 1.29 is 19.4 Å². The van der Waals surface area contributed by atoms with Gasteiger partial charge in [0.15, 0.2) is 0 Å². The highest BCUT2D eigenvalue weighted by molar-refractivity contribution is 5.82. The van der Waals surface area contributed by atoms with Gasteiger partial charge in [-0.15, -0.1) is 0 Å². The third-order valence-electron chi connectivity index (χ3n) is 2.57. The lowest BCUT2D eigenvalue weighted by Gasteiger charge is -2.25. The van der Waals surface area contributed by atoms with Crippen LogP contribution in [0.2, 0.25) is 0 Å². The molecule has 2 N–H and O–H groups in total. The quantitative estimate of drug-likeness (QED) is 0.688. The van der Waals surface area contributed by atoms with Crippen molar-refractivity contribution in [2.24, 2.45) is 0 Å². The first-order valence-corrected chi connectivity index (χ1v) is 5.56. The van der Waals surface area contributed by atoms with Gasteiger partial charge in [-0.05, 0) is 6.92 Å². The highest BCUT2D eigenvalue weighted by Gasteiger charge is 2.23. The minimum atomic E-state index is -1.11. The van der Waals surface area contributed by atoms with Crippen molar-refractivity contribution in [1.82, 2.24) is 10.2 Å². The lowest BCUT2D eigenvalue weighted by molar-refractivity contribution is -0.139. The van der Waals surface area contributed by atoms with Gasteiger partial charge in [0, 0.05) is 33.2 Å². The summed E-state index contributed by atoms with van der Waals surface area (Å²) in [6.07, 6.45) is 0.387. The van der Waals surface area contributed by atoms with E-state index in [1.807, 2.05) is 6.07 Å². The molecule has 0 aromatic carbocycles. The van der Waals surface area contributed by atoms with Crippen LogP contribution < -0.4 is 5.32 Å². The fourth-order valence-electron chi connectivity index (χ4n) is 1.21. The van der Waals surface area contributed by atoms with Crippen molar-refractivity contribution in [2.45, 2.75) is 31.8 Å². The Morgan fingerprint density at radius 2 is 2.17 bits per heavy atom. The topological polar surface area (TPSA) is 103 Å². The summed E-state index contributed by atoms with van der Waals surface area (Å²) in [4.78, 5) is 24.0. The molecule has 0 bridgehead atoms. The SMILES string of the molecule is COCCC(NC(=O)N(C)C(C)CC#N)C(=O)O. The zero-order valence-electron chi connectivity index (χ0n) is 10.8. The van der Waals surface area contributed by atoms with Crippen molar-refractivity contribution in [3.63, 3.8) is 0 Å². The molecule has 0 saturated carbocycles. The molecular weight excluding hydrogens is 238 g/mol. The molecular formula is C11H19N3O4. The minimum Gasteiger partial charge on any atom is -0.480 e. The Kier molecular flexibility index (Phi) is 7.47. The number of nitriles is 1. The standard InChI is InChI=1S/C11H19N3O4/c1-8(4-6-12)14(2)11(17)13-9(10(15)16)5-7-18-3/h8-9H,4-5,7H2,1-3H3,(H,13,17)(H,15,16). The van der Waals surface area contributed by atoms with Crippen LogP contribution in [0, 0.1) is 11.3 Å². The predicted octanol–water partition coefficient (Wildman–Crippen LogP) is 0.420. The van der Waals surface area contributed by atoms with E-state index in [0.29, 0.717) is 0 Å². The van der Waals surface area contributed by atoms with Gasteiger partial charge < -0.3 is 20.1 Å². The van der Waals surface area contributed by atoms with Gasteiger partial charge in [-0.25, -0.2) is 9.59 Å². The molecule has 0 radical (unpaired) electrons. The fraction of sp³-hybridized carbons (Fsp3) is 0.727. The van der Waals surface area contributed by atoms with Crippen molar-refractivity contribution >= 4 is 12.0 Å². The summed E-state index contributed by atoms with van der Waals surface area (Å²) in [6, 6.07) is 0.180. The van der Waals surface area contributed by atoms with Gasteiger partial charge in [-0.3, -0.25) is 0 Å². The van der Waals surface area contributed by atoms with Gasteiger partial charge >= 0.3 is 12.0 Å². The number of ether oxygens (including phenoxy) is 1. The lowest BCUT2D eigenvalue weighted by atomic mass is 10.2. The summed E-state index contributed by atoms with van der Waals surface area (Å²) in [7, 11) is 2.98. The molecule has 0 fully saturated rings. The van der Waals surface area contributed by atoms with E-state index in [2.05, 4.69) is 5.32 Å². The molecule has 0 aromatic heterocycles. The van der Waals surface area contributed by atoms with Crippen LogP contribution in [0.5, 0.6) is 0 Å². The number of rotatable bonds is 7. The van der Waals surface area contributed by atoms with Crippen LogP contribution >= 0.6 is 0 Å². The summed E-state index contributed by atoms with van der Waals surface area (Å²) in [5.74, 6) is -1.11. The molecule has 0 aliphatic heterocycles. The molecule has 0 spiro atoms. The minimum absolute atomic E-state index is 0.193. The molecule has 0 aromatic rings. The average molecular weight is 257 g/mol. The smallest absolute Gasteiger partial charge is 0.326 e. The highest BCUT2D eigenvalue weighted by Crippen LogP contribution is 2.02. The normalized spacial score (nSPS) is 13.2. The van der Waals surface area contributed by atoms with E-state index in [9.17, 15) is 9.59 Å². The number of carboxylic acid groups (broad SMARTS) is 1. The van der Waals surface area contributed by atoms with Gasteiger partial charge in [0.2, 0.25) is 0 Å². The molecule has 18 heavy (non-hydrogen) atoms. The monoisotopic (exact) mass is 257 g/mol. The predicted molar refractivity (Wildman–Crippen MR) is 63.9 cm³/mol. The maximum absolute atomic E-state index is 11.7. The molecule has 0 heterocycles. The zero-order valence-corrected chi connectivity index (χ0v) is 10.8. The van der Waals surface area contributed by atoms with E-state index in [4.69, 9.17) is 15.1 Å². The second kappa shape index (κ2) is 8.31. The zero-order chi connectivity index (χ0) is 14.1. The van der Waals surface area contributed by atoms with Crippen molar-refractivity contribution in [1.29, 1.82) is 5.26 Å². The number of nitrogens with one attached hydrogen (secondary N) is 1. The summed E-state index contributed by atoms with van der Waals surface area (Å²) in [6.45, 7) is 1.96. The van der Waals surface area contributed by atoms with E-state index in [1.165, 1.54) is 19.1 Å². The van der Waals surface area contributed by atoms with E-state index < -0.39 is 18.0 Å². The number of amides is 2.